The Hall–Kier alpha value is -3.07. The maximum absolute atomic E-state index is 12.8. The number of hydrogen-bond donors (Lipinski definition) is 2. The minimum Gasteiger partial charge on any atom is -0.476 e. The van der Waals surface area contributed by atoms with Gasteiger partial charge in [-0.25, -0.2) is 8.42 Å². The van der Waals surface area contributed by atoms with Crippen LogP contribution in [0.1, 0.15) is 21.5 Å². The molecule has 0 radical (unpaired) electrons. The topological polar surface area (TPSA) is 119 Å². The number of fused-ring (bicyclic) bond motifs is 1. The van der Waals surface area contributed by atoms with E-state index in [0.29, 0.717) is 28.3 Å². The maximum atomic E-state index is 12.8. The number of aryl methyl sites for hydroxylation is 1. The largest absolute Gasteiger partial charge is 0.476 e. The first-order chi connectivity index (χ1) is 13.1. The molecule has 1 unspecified atom stereocenters. The van der Waals surface area contributed by atoms with Crippen molar-refractivity contribution in [2.75, 3.05) is 22.4 Å². The number of sulfonamides is 1. The Balaban J connectivity index is 1.91. The molecule has 0 saturated carbocycles. The number of carbonyl (C=O) groups excluding carboxylic acids is 2. The molecule has 1 atom stereocenters. The molecule has 2 amide bonds. The number of rotatable bonds is 4. The number of amides is 2. The number of anilines is 2. The monoisotopic (exact) mass is 403 g/mol. The molecule has 0 aromatic heterocycles. The minimum absolute atomic E-state index is 0.157. The van der Waals surface area contributed by atoms with Crippen LogP contribution >= 0.6 is 0 Å². The van der Waals surface area contributed by atoms with Crippen molar-refractivity contribution >= 4 is 33.2 Å². The van der Waals surface area contributed by atoms with Crippen LogP contribution in [0.25, 0.3) is 0 Å². The minimum atomic E-state index is -3.61. The highest BCUT2D eigenvalue weighted by Gasteiger charge is 2.35. The van der Waals surface area contributed by atoms with Gasteiger partial charge in [0.25, 0.3) is 5.91 Å². The van der Waals surface area contributed by atoms with Crippen molar-refractivity contribution in [1.29, 1.82) is 0 Å². The van der Waals surface area contributed by atoms with Gasteiger partial charge in [0.05, 0.1) is 18.5 Å². The molecule has 9 heteroatoms. The summed E-state index contributed by atoms with van der Waals surface area (Å²) in [6.45, 7) is 3.35. The first kappa shape index (κ1) is 19.7. The molecule has 3 N–H and O–H groups in total. The Morgan fingerprint density at radius 1 is 1.21 bits per heavy atom. The number of hydrogen-bond acceptors (Lipinski definition) is 5. The Morgan fingerprint density at radius 2 is 1.93 bits per heavy atom. The zero-order chi connectivity index (χ0) is 20.6. The summed E-state index contributed by atoms with van der Waals surface area (Å²) in [5.74, 6) is -0.815. The van der Waals surface area contributed by atoms with Crippen molar-refractivity contribution < 1.29 is 22.7 Å². The SMILES string of the molecule is Cc1ccc2c(c1)N(S(C)(=O)=O)CC(C(=O)Nc1cccc(C(N)=O)c1C)O2. The lowest BCUT2D eigenvalue weighted by Gasteiger charge is -2.34. The lowest BCUT2D eigenvalue weighted by molar-refractivity contribution is -0.122. The molecule has 1 heterocycles. The van der Waals surface area contributed by atoms with E-state index in [9.17, 15) is 18.0 Å². The van der Waals surface area contributed by atoms with Gasteiger partial charge in [-0.1, -0.05) is 12.1 Å². The van der Waals surface area contributed by atoms with Gasteiger partial charge in [0.2, 0.25) is 15.9 Å². The molecule has 8 nitrogen and oxygen atoms in total. The van der Waals surface area contributed by atoms with E-state index in [1.807, 2.05) is 6.92 Å². The predicted molar refractivity (Wildman–Crippen MR) is 106 cm³/mol. The van der Waals surface area contributed by atoms with Crippen molar-refractivity contribution in [2.45, 2.75) is 20.0 Å². The molecular weight excluding hydrogens is 382 g/mol. The van der Waals surface area contributed by atoms with E-state index in [4.69, 9.17) is 10.5 Å². The summed E-state index contributed by atoms with van der Waals surface area (Å²) in [5, 5.41) is 2.70. The van der Waals surface area contributed by atoms with E-state index in [-0.39, 0.29) is 6.54 Å². The third-order valence-corrected chi connectivity index (χ3v) is 5.68. The van der Waals surface area contributed by atoms with Gasteiger partial charge in [-0.2, -0.15) is 0 Å². The van der Waals surface area contributed by atoms with E-state index in [1.54, 1.807) is 43.3 Å². The van der Waals surface area contributed by atoms with Gasteiger partial charge in [0.1, 0.15) is 5.75 Å². The zero-order valence-corrected chi connectivity index (χ0v) is 16.5. The molecule has 148 valence electrons. The van der Waals surface area contributed by atoms with Crippen LogP contribution in [0.5, 0.6) is 5.75 Å². The van der Waals surface area contributed by atoms with Crippen LogP contribution in [-0.2, 0) is 14.8 Å². The quantitative estimate of drug-likeness (QED) is 0.803. The molecule has 3 rings (SSSR count). The van der Waals surface area contributed by atoms with Crippen LogP contribution < -0.4 is 20.1 Å². The summed E-state index contributed by atoms with van der Waals surface area (Å²) in [4.78, 5) is 24.3. The second kappa shape index (κ2) is 7.16. The molecule has 2 aromatic carbocycles. The van der Waals surface area contributed by atoms with Gasteiger partial charge in [-0.15, -0.1) is 0 Å². The summed E-state index contributed by atoms with van der Waals surface area (Å²) in [5.41, 5.74) is 7.84. The van der Waals surface area contributed by atoms with Crippen LogP contribution in [0.4, 0.5) is 11.4 Å². The first-order valence-electron chi connectivity index (χ1n) is 8.53. The Morgan fingerprint density at radius 3 is 2.57 bits per heavy atom. The average Bonchev–Trinajstić information content (AvgIpc) is 2.61. The molecule has 0 spiro atoms. The fourth-order valence-electron chi connectivity index (χ4n) is 3.06. The molecule has 1 aliphatic heterocycles. The third-order valence-electron chi connectivity index (χ3n) is 4.53. The van der Waals surface area contributed by atoms with Gasteiger partial charge >= 0.3 is 0 Å². The molecule has 0 bridgehead atoms. The number of nitrogens with zero attached hydrogens (tertiary/aromatic N) is 1. The second-order valence-corrected chi connectivity index (χ2v) is 8.61. The average molecular weight is 403 g/mol. The standard InChI is InChI=1S/C19H21N3O5S/c1-11-7-8-16-15(9-11)22(28(3,25)26)10-17(27-16)19(24)21-14-6-4-5-13(12(14)2)18(20)23/h4-9,17H,10H2,1-3H3,(H2,20,23)(H,21,24). The van der Waals surface area contributed by atoms with Crippen LogP contribution in [0.3, 0.4) is 0 Å². The highest BCUT2D eigenvalue weighted by Crippen LogP contribution is 2.36. The molecule has 1 aliphatic rings. The van der Waals surface area contributed by atoms with Gasteiger partial charge in [0.15, 0.2) is 6.10 Å². The second-order valence-electron chi connectivity index (χ2n) is 6.70. The van der Waals surface area contributed by atoms with Gasteiger partial charge in [0, 0.05) is 11.3 Å². The highest BCUT2D eigenvalue weighted by atomic mass is 32.2. The number of carbonyl (C=O) groups is 2. The van der Waals surface area contributed by atoms with Crippen molar-refractivity contribution in [1.82, 2.24) is 0 Å². The van der Waals surface area contributed by atoms with E-state index in [0.717, 1.165) is 16.1 Å². The molecular formula is C19H21N3O5S. The number of ether oxygens (including phenoxy) is 1. The molecule has 2 aromatic rings. The summed E-state index contributed by atoms with van der Waals surface area (Å²) in [6.07, 6.45) is 0.0291. The molecule has 0 saturated heterocycles. The third kappa shape index (κ3) is 3.79. The number of primary amides is 1. The molecule has 28 heavy (non-hydrogen) atoms. The summed E-state index contributed by atoms with van der Waals surface area (Å²) >= 11 is 0. The van der Waals surface area contributed by atoms with E-state index >= 15 is 0 Å². The normalized spacial score (nSPS) is 16.1. The summed E-state index contributed by atoms with van der Waals surface area (Å²) < 4.78 is 31.4. The summed E-state index contributed by atoms with van der Waals surface area (Å²) in [7, 11) is -3.61. The smallest absolute Gasteiger partial charge is 0.267 e. The Labute approximate surface area is 163 Å². The number of nitrogens with one attached hydrogen (secondary N) is 1. The predicted octanol–water partition coefficient (Wildman–Crippen LogP) is 1.57. The van der Waals surface area contributed by atoms with E-state index in [1.165, 1.54) is 0 Å². The Kier molecular flexibility index (Phi) is 5.03. The van der Waals surface area contributed by atoms with Crippen molar-refractivity contribution in [2.24, 2.45) is 5.73 Å². The maximum Gasteiger partial charge on any atom is 0.267 e. The van der Waals surface area contributed by atoms with Gasteiger partial charge in [-0.3, -0.25) is 13.9 Å². The summed E-state index contributed by atoms with van der Waals surface area (Å²) in [6, 6.07) is 9.92. The fraction of sp³-hybridized carbons (Fsp3) is 0.263. The number of nitrogens with two attached hydrogens (primary N) is 1. The van der Waals surface area contributed by atoms with Crippen LogP contribution in [0, 0.1) is 13.8 Å². The van der Waals surface area contributed by atoms with E-state index in [2.05, 4.69) is 5.32 Å². The van der Waals surface area contributed by atoms with Crippen LogP contribution in [0.2, 0.25) is 0 Å². The van der Waals surface area contributed by atoms with E-state index < -0.39 is 27.9 Å². The van der Waals surface area contributed by atoms with Gasteiger partial charge in [-0.05, 0) is 49.2 Å². The highest BCUT2D eigenvalue weighted by molar-refractivity contribution is 7.92. The van der Waals surface area contributed by atoms with Gasteiger partial charge < -0.3 is 15.8 Å². The fourth-order valence-corrected chi connectivity index (χ4v) is 3.97. The van der Waals surface area contributed by atoms with Crippen LogP contribution in [-0.4, -0.2) is 39.1 Å². The van der Waals surface area contributed by atoms with Crippen LogP contribution in [0.15, 0.2) is 36.4 Å². The Bertz CT molecular complexity index is 1070. The van der Waals surface area contributed by atoms with Crippen molar-refractivity contribution in [3.63, 3.8) is 0 Å². The lowest BCUT2D eigenvalue weighted by atomic mass is 10.1. The number of benzene rings is 2. The van der Waals surface area contributed by atoms with Crippen molar-refractivity contribution in [3.8, 4) is 5.75 Å². The van der Waals surface area contributed by atoms with Crippen molar-refractivity contribution in [3.05, 3.63) is 53.1 Å². The first-order valence-corrected chi connectivity index (χ1v) is 10.4. The lowest BCUT2D eigenvalue weighted by Crippen LogP contribution is -2.48. The zero-order valence-electron chi connectivity index (χ0n) is 15.7. The molecule has 0 fully saturated rings. The molecule has 0 aliphatic carbocycles.